The van der Waals surface area contributed by atoms with Crippen LogP contribution in [0.4, 0.5) is 13.2 Å². The van der Waals surface area contributed by atoms with E-state index in [1.807, 2.05) is 28.7 Å². The van der Waals surface area contributed by atoms with Gasteiger partial charge in [0.15, 0.2) is 5.58 Å². The van der Waals surface area contributed by atoms with Crippen LogP contribution in [0.15, 0.2) is 57.4 Å². The third-order valence-electron chi connectivity index (χ3n) is 4.56. The number of nitriles is 1. The Bertz CT molecular complexity index is 1340. The Morgan fingerprint density at radius 2 is 1.70 bits per heavy atom. The van der Waals surface area contributed by atoms with Gasteiger partial charge in [-0.25, -0.2) is 4.98 Å². The van der Waals surface area contributed by atoms with Crippen LogP contribution < -0.4 is 0 Å². The number of halogens is 5. The first-order valence-electron chi connectivity index (χ1n) is 8.64. The maximum Gasteiger partial charge on any atom is 0.416 e. The number of hydrogen-bond donors (Lipinski definition) is 0. The zero-order valence-electron chi connectivity index (χ0n) is 15.3. The molecule has 0 spiro atoms. The second-order valence-electron chi connectivity index (χ2n) is 6.76. The lowest BCUT2D eigenvalue weighted by atomic mass is 9.94. The zero-order chi connectivity index (χ0) is 21.6. The second kappa shape index (κ2) is 7.71. The fraction of sp³-hybridized carbons (Fsp3) is 0.0909. The van der Waals surface area contributed by atoms with Gasteiger partial charge in [0.05, 0.1) is 17.2 Å². The molecule has 4 aromatic rings. The van der Waals surface area contributed by atoms with Gasteiger partial charge in [-0.2, -0.15) is 18.4 Å². The van der Waals surface area contributed by atoms with Crippen molar-refractivity contribution in [3.63, 3.8) is 0 Å². The molecule has 4 rings (SSSR count). The first-order valence-corrected chi connectivity index (χ1v) is 10.5. The summed E-state index contributed by atoms with van der Waals surface area (Å²) in [5, 5.41) is 9.49. The minimum absolute atomic E-state index is 0.347. The van der Waals surface area contributed by atoms with Crippen molar-refractivity contribution in [3.05, 3.63) is 73.6 Å². The molecule has 0 bridgehead atoms. The number of benzene rings is 3. The van der Waals surface area contributed by atoms with Gasteiger partial charge in [0.1, 0.15) is 5.52 Å². The van der Waals surface area contributed by atoms with E-state index in [4.69, 9.17) is 4.42 Å². The summed E-state index contributed by atoms with van der Waals surface area (Å²) in [5.41, 5.74) is 3.74. The molecule has 30 heavy (non-hydrogen) atoms. The highest BCUT2D eigenvalue weighted by Gasteiger charge is 2.31. The highest BCUT2D eigenvalue weighted by atomic mass is 127. The molecule has 0 aliphatic carbocycles. The van der Waals surface area contributed by atoms with Crippen LogP contribution in [0.1, 0.15) is 16.7 Å². The topological polar surface area (TPSA) is 49.8 Å². The van der Waals surface area contributed by atoms with E-state index < -0.39 is 11.7 Å². The average Bonchev–Trinajstić information content (AvgIpc) is 3.04. The van der Waals surface area contributed by atoms with Gasteiger partial charge < -0.3 is 4.42 Å². The third-order valence-corrected chi connectivity index (χ3v) is 5.68. The van der Waals surface area contributed by atoms with Gasteiger partial charge in [-0.3, -0.25) is 0 Å². The van der Waals surface area contributed by atoms with Crippen molar-refractivity contribution in [1.82, 2.24) is 4.98 Å². The van der Waals surface area contributed by atoms with Crippen LogP contribution in [0.25, 0.3) is 33.4 Å². The highest BCUT2D eigenvalue weighted by Crippen LogP contribution is 2.37. The van der Waals surface area contributed by atoms with Crippen LogP contribution in [-0.2, 0) is 6.18 Å². The van der Waals surface area contributed by atoms with Gasteiger partial charge in [0.2, 0.25) is 0 Å². The van der Waals surface area contributed by atoms with Gasteiger partial charge in [0.25, 0.3) is 3.90 Å². The van der Waals surface area contributed by atoms with Gasteiger partial charge in [-0.1, -0.05) is 22.0 Å². The maximum absolute atomic E-state index is 13.3. The zero-order valence-corrected chi connectivity index (χ0v) is 19.1. The summed E-state index contributed by atoms with van der Waals surface area (Å²) in [5.74, 6) is 0. The Morgan fingerprint density at radius 1 is 1.00 bits per heavy atom. The van der Waals surface area contributed by atoms with Gasteiger partial charge in [-0.15, -0.1) is 0 Å². The Morgan fingerprint density at radius 3 is 2.40 bits per heavy atom. The van der Waals surface area contributed by atoms with E-state index in [1.165, 1.54) is 0 Å². The molecule has 0 saturated carbocycles. The van der Waals surface area contributed by atoms with Crippen LogP contribution in [0.5, 0.6) is 0 Å². The Labute approximate surface area is 191 Å². The van der Waals surface area contributed by atoms with Crippen molar-refractivity contribution in [2.24, 2.45) is 0 Å². The normalized spacial score (nSPS) is 11.6. The van der Waals surface area contributed by atoms with E-state index in [1.54, 1.807) is 37.3 Å². The molecular formula is C22H11BrF3IN2O. The van der Waals surface area contributed by atoms with Crippen LogP contribution in [0.2, 0.25) is 0 Å². The fourth-order valence-electron chi connectivity index (χ4n) is 3.27. The SMILES string of the molecule is Cc1cc(-c2cc(C#N)cc(-c3cc4nc(I)oc4cc3Br)c2)cc(C(F)(F)F)c1. The smallest absolute Gasteiger partial charge is 0.416 e. The summed E-state index contributed by atoms with van der Waals surface area (Å²) < 4.78 is 46.6. The number of nitrogens with zero attached hydrogens (tertiary/aromatic N) is 2. The second-order valence-corrected chi connectivity index (χ2v) is 8.54. The molecule has 1 heterocycles. The molecule has 0 aliphatic heterocycles. The quantitative estimate of drug-likeness (QED) is 0.227. The average molecular weight is 583 g/mol. The predicted octanol–water partition coefficient (Wildman–Crippen LogP) is 7.73. The Hall–Kier alpha value is -2.38. The van der Waals surface area contributed by atoms with Gasteiger partial charge in [-0.05, 0) is 77.2 Å². The van der Waals surface area contributed by atoms with E-state index >= 15 is 0 Å². The number of aromatic nitrogens is 1. The molecule has 3 nitrogen and oxygen atoms in total. The molecule has 0 N–H and O–H groups in total. The number of hydrogen-bond acceptors (Lipinski definition) is 3. The fourth-order valence-corrected chi connectivity index (χ4v) is 4.32. The molecule has 0 atom stereocenters. The highest BCUT2D eigenvalue weighted by molar-refractivity contribution is 14.1. The Kier molecular flexibility index (Phi) is 5.36. The van der Waals surface area contributed by atoms with E-state index in [0.717, 1.165) is 22.2 Å². The lowest BCUT2D eigenvalue weighted by molar-refractivity contribution is -0.137. The standard InChI is InChI=1S/C22H11BrF3IN2O/c1-11-2-13(7-16(3-11)22(24,25)26)14-4-12(10-28)5-15(6-14)17-8-19-20(9-18(17)23)30-21(27)29-19/h2-9H,1H3. The monoisotopic (exact) mass is 582 g/mol. The molecule has 0 radical (unpaired) electrons. The molecule has 0 amide bonds. The van der Waals surface area contributed by atoms with Crippen molar-refractivity contribution < 1.29 is 17.6 Å². The molecule has 150 valence electrons. The molecule has 8 heteroatoms. The van der Waals surface area contributed by atoms with Gasteiger partial charge >= 0.3 is 6.18 Å². The molecule has 3 aromatic carbocycles. The van der Waals surface area contributed by atoms with E-state index in [0.29, 0.717) is 42.8 Å². The Balaban J connectivity index is 1.92. The first-order chi connectivity index (χ1) is 14.1. The molecule has 0 saturated heterocycles. The summed E-state index contributed by atoms with van der Waals surface area (Å²) in [6.45, 7) is 1.62. The molecule has 0 fully saturated rings. The van der Waals surface area contributed by atoms with Crippen LogP contribution >= 0.6 is 38.5 Å². The minimum atomic E-state index is -4.45. The largest absolute Gasteiger partial charge is 0.432 e. The van der Waals surface area contributed by atoms with Crippen molar-refractivity contribution >= 4 is 49.6 Å². The van der Waals surface area contributed by atoms with Crippen molar-refractivity contribution in [2.45, 2.75) is 13.1 Å². The van der Waals surface area contributed by atoms with Crippen LogP contribution in [-0.4, -0.2) is 4.98 Å². The maximum atomic E-state index is 13.3. The van der Waals surface area contributed by atoms with Crippen molar-refractivity contribution in [2.75, 3.05) is 0 Å². The molecule has 0 aliphatic rings. The predicted molar refractivity (Wildman–Crippen MR) is 120 cm³/mol. The summed E-state index contributed by atoms with van der Waals surface area (Å²) in [4.78, 5) is 4.32. The van der Waals surface area contributed by atoms with E-state index in [9.17, 15) is 18.4 Å². The lowest BCUT2D eigenvalue weighted by Crippen LogP contribution is -2.05. The summed E-state index contributed by atoms with van der Waals surface area (Å²) >= 11 is 5.50. The summed E-state index contributed by atoms with van der Waals surface area (Å²) in [7, 11) is 0. The number of alkyl halides is 3. The van der Waals surface area contributed by atoms with Crippen molar-refractivity contribution in [3.8, 4) is 28.3 Å². The number of rotatable bonds is 2. The number of aryl methyl sites for hydroxylation is 1. The summed E-state index contributed by atoms with van der Waals surface area (Å²) in [6, 6.07) is 14.6. The lowest BCUT2D eigenvalue weighted by Gasteiger charge is -2.13. The van der Waals surface area contributed by atoms with Crippen molar-refractivity contribution in [1.29, 1.82) is 5.26 Å². The molecular weight excluding hydrogens is 572 g/mol. The van der Waals surface area contributed by atoms with E-state index in [-0.39, 0.29) is 0 Å². The molecule has 0 unspecified atom stereocenters. The van der Waals surface area contributed by atoms with Gasteiger partial charge in [0, 0.05) is 27.1 Å². The molecule has 1 aromatic heterocycles. The minimum Gasteiger partial charge on any atom is -0.432 e. The first kappa shape index (κ1) is 20.9. The van der Waals surface area contributed by atoms with Crippen LogP contribution in [0, 0.1) is 22.2 Å². The number of fused-ring (bicyclic) bond motifs is 1. The van der Waals surface area contributed by atoms with E-state index in [2.05, 4.69) is 27.0 Å². The summed E-state index contributed by atoms with van der Waals surface area (Å²) in [6.07, 6.45) is -4.45. The van der Waals surface area contributed by atoms with Crippen LogP contribution in [0.3, 0.4) is 0 Å². The number of oxazole rings is 1. The third kappa shape index (κ3) is 4.09.